The highest BCUT2D eigenvalue weighted by molar-refractivity contribution is 5.75. The molecule has 0 saturated heterocycles. The molecule has 0 aromatic rings. The summed E-state index contributed by atoms with van der Waals surface area (Å²) in [6.45, 7) is 2.89. The summed E-state index contributed by atoms with van der Waals surface area (Å²) in [5.74, 6) is 0.179. The minimum Gasteiger partial charge on any atom is -0.384 e. The summed E-state index contributed by atoms with van der Waals surface area (Å²) in [5.41, 5.74) is 0. The Bertz CT molecular complexity index is 262. The molecule has 0 aromatic heterocycles. The number of nitrogens with zero attached hydrogens (tertiary/aromatic N) is 1. The fourth-order valence-electron chi connectivity index (χ4n) is 2.30. The van der Waals surface area contributed by atoms with Crippen LogP contribution in [0.15, 0.2) is 12.3 Å². The zero-order valence-corrected chi connectivity index (χ0v) is 14.5. The number of nitrogens with one attached hydrogen (secondary N) is 1. The Morgan fingerprint density at radius 1 is 0.905 bits per heavy atom. The van der Waals surface area contributed by atoms with E-state index >= 15 is 0 Å². The third-order valence-electron chi connectivity index (χ3n) is 3.58. The molecular weight excluding hydrogens is 260 g/mol. The predicted molar refractivity (Wildman–Crippen MR) is 92.3 cm³/mol. The minimum absolute atomic E-state index is 0.179. The van der Waals surface area contributed by atoms with E-state index in [4.69, 9.17) is 0 Å². The van der Waals surface area contributed by atoms with Crippen LogP contribution < -0.4 is 5.32 Å². The van der Waals surface area contributed by atoms with E-state index < -0.39 is 0 Å². The largest absolute Gasteiger partial charge is 0.384 e. The molecule has 3 heteroatoms. The molecule has 1 N–H and O–H groups in total. The van der Waals surface area contributed by atoms with E-state index in [9.17, 15) is 4.79 Å². The van der Waals surface area contributed by atoms with Crippen molar-refractivity contribution in [2.24, 2.45) is 0 Å². The number of hydrogen-bond donors (Lipinski definition) is 1. The molecule has 3 nitrogen and oxygen atoms in total. The van der Waals surface area contributed by atoms with Crippen LogP contribution in [0, 0.1) is 0 Å². The topological polar surface area (TPSA) is 32.3 Å². The van der Waals surface area contributed by atoms with Crippen LogP contribution in [0.5, 0.6) is 0 Å². The Kier molecular flexibility index (Phi) is 14.7. The minimum atomic E-state index is 0.179. The van der Waals surface area contributed by atoms with Gasteiger partial charge in [-0.15, -0.1) is 0 Å². The summed E-state index contributed by atoms with van der Waals surface area (Å²) in [7, 11) is 3.95. The highest BCUT2D eigenvalue weighted by Gasteiger charge is 1.99. The summed E-state index contributed by atoms with van der Waals surface area (Å²) in [4.78, 5) is 13.5. The summed E-state index contributed by atoms with van der Waals surface area (Å²) >= 11 is 0. The molecule has 0 saturated carbocycles. The van der Waals surface area contributed by atoms with Crippen LogP contribution in [0.2, 0.25) is 0 Å². The lowest BCUT2D eigenvalue weighted by Gasteiger charge is -2.05. The summed E-state index contributed by atoms with van der Waals surface area (Å²) in [6, 6.07) is 0. The average Bonchev–Trinajstić information content (AvgIpc) is 2.45. The van der Waals surface area contributed by atoms with Crippen molar-refractivity contribution in [2.75, 3.05) is 20.6 Å². The van der Waals surface area contributed by atoms with Crippen molar-refractivity contribution < 1.29 is 4.79 Å². The van der Waals surface area contributed by atoms with E-state index in [0.717, 1.165) is 6.42 Å². The molecule has 1 amide bonds. The number of amides is 1. The van der Waals surface area contributed by atoms with Crippen molar-refractivity contribution in [3.05, 3.63) is 12.3 Å². The third kappa shape index (κ3) is 17.0. The van der Waals surface area contributed by atoms with Gasteiger partial charge in [0.25, 0.3) is 0 Å². The van der Waals surface area contributed by atoms with Gasteiger partial charge in [0.05, 0.1) is 0 Å². The Hall–Kier alpha value is -0.990. The highest BCUT2D eigenvalue weighted by atomic mass is 16.1. The molecule has 0 aliphatic heterocycles. The molecular formula is C18H36N2O. The molecule has 0 aromatic carbocycles. The Morgan fingerprint density at radius 2 is 1.43 bits per heavy atom. The number of hydrogen-bond acceptors (Lipinski definition) is 2. The van der Waals surface area contributed by atoms with Gasteiger partial charge in [-0.2, -0.15) is 0 Å². The van der Waals surface area contributed by atoms with Crippen LogP contribution in [-0.4, -0.2) is 31.4 Å². The van der Waals surface area contributed by atoms with Crippen molar-refractivity contribution in [2.45, 2.75) is 77.6 Å². The maximum atomic E-state index is 11.6. The third-order valence-corrected chi connectivity index (χ3v) is 3.58. The van der Waals surface area contributed by atoms with Gasteiger partial charge in [0.2, 0.25) is 5.91 Å². The van der Waals surface area contributed by atoms with E-state index in [2.05, 4.69) is 12.2 Å². The van der Waals surface area contributed by atoms with Crippen LogP contribution in [-0.2, 0) is 4.79 Å². The fourth-order valence-corrected chi connectivity index (χ4v) is 2.30. The van der Waals surface area contributed by atoms with Gasteiger partial charge in [-0.25, -0.2) is 0 Å². The monoisotopic (exact) mass is 296 g/mol. The first-order valence-corrected chi connectivity index (χ1v) is 8.76. The highest BCUT2D eigenvalue weighted by Crippen LogP contribution is 2.11. The number of carbonyl (C=O) groups excluding carboxylic acids is 1. The molecule has 0 heterocycles. The van der Waals surface area contributed by atoms with Crippen LogP contribution in [0.3, 0.4) is 0 Å². The summed E-state index contributed by atoms with van der Waals surface area (Å²) < 4.78 is 0. The van der Waals surface area contributed by atoms with Gasteiger partial charge in [-0.1, -0.05) is 64.7 Å². The van der Waals surface area contributed by atoms with Crippen LogP contribution in [0.4, 0.5) is 0 Å². The lowest BCUT2D eigenvalue weighted by molar-refractivity contribution is -0.121. The molecule has 0 aliphatic carbocycles. The number of unbranched alkanes of at least 4 members (excludes halogenated alkanes) is 9. The summed E-state index contributed by atoms with van der Waals surface area (Å²) in [5, 5.41) is 2.92. The molecule has 0 spiro atoms. The first-order chi connectivity index (χ1) is 10.2. The van der Waals surface area contributed by atoms with E-state index in [-0.39, 0.29) is 5.91 Å². The van der Waals surface area contributed by atoms with Gasteiger partial charge >= 0.3 is 0 Å². The van der Waals surface area contributed by atoms with Crippen LogP contribution in [0.25, 0.3) is 0 Å². The van der Waals surface area contributed by atoms with Crippen molar-refractivity contribution in [3.8, 4) is 0 Å². The van der Waals surface area contributed by atoms with Gasteiger partial charge in [0.1, 0.15) is 0 Å². The van der Waals surface area contributed by atoms with Gasteiger partial charge in [-0.05, 0) is 18.7 Å². The molecule has 0 aliphatic rings. The maximum Gasteiger partial charge on any atom is 0.220 e. The van der Waals surface area contributed by atoms with Crippen LogP contribution in [0.1, 0.15) is 77.6 Å². The first kappa shape index (κ1) is 20.0. The lowest BCUT2D eigenvalue weighted by atomic mass is 10.1. The Labute approximate surface area is 132 Å². The molecule has 0 fully saturated rings. The van der Waals surface area contributed by atoms with Gasteiger partial charge in [0, 0.05) is 27.1 Å². The van der Waals surface area contributed by atoms with Crippen molar-refractivity contribution in [1.82, 2.24) is 10.2 Å². The van der Waals surface area contributed by atoms with Gasteiger partial charge in [-0.3, -0.25) is 4.79 Å². The fraction of sp³-hybridized carbons (Fsp3) is 0.833. The SMILES string of the molecule is CCCCCCCCCCCCC(=O)NCC=CN(C)C. The number of rotatable bonds is 14. The molecule has 0 radical (unpaired) electrons. The molecule has 124 valence electrons. The van der Waals surface area contributed by atoms with Crippen molar-refractivity contribution in [3.63, 3.8) is 0 Å². The van der Waals surface area contributed by atoms with E-state index in [0.29, 0.717) is 13.0 Å². The van der Waals surface area contributed by atoms with Crippen molar-refractivity contribution in [1.29, 1.82) is 0 Å². The first-order valence-electron chi connectivity index (χ1n) is 8.76. The predicted octanol–water partition coefficient (Wildman–Crippen LogP) is 4.49. The molecule has 21 heavy (non-hydrogen) atoms. The number of carbonyl (C=O) groups is 1. The van der Waals surface area contributed by atoms with Crippen LogP contribution >= 0.6 is 0 Å². The smallest absolute Gasteiger partial charge is 0.220 e. The van der Waals surface area contributed by atoms with E-state index in [1.54, 1.807) is 0 Å². The zero-order valence-electron chi connectivity index (χ0n) is 14.5. The molecule has 0 atom stereocenters. The molecule has 0 unspecified atom stereocenters. The van der Waals surface area contributed by atoms with E-state index in [1.165, 1.54) is 57.8 Å². The second kappa shape index (κ2) is 15.4. The zero-order chi connectivity index (χ0) is 15.8. The average molecular weight is 296 g/mol. The van der Waals surface area contributed by atoms with Crippen molar-refractivity contribution >= 4 is 5.91 Å². The maximum absolute atomic E-state index is 11.6. The van der Waals surface area contributed by atoms with E-state index in [1.807, 2.05) is 31.3 Å². The Morgan fingerprint density at radius 3 is 1.95 bits per heavy atom. The molecule has 0 rings (SSSR count). The second-order valence-electron chi connectivity index (χ2n) is 6.08. The lowest BCUT2D eigenvalue weighted by Crippen LogP contribution is -2.23. The van der Waals surface area contributed by atoms with Gasteiger partial charge in [0.15, 0.2) is 0 Å². The standard InChI is InChI=1S/C18H36N2O/c1-4-5-6-7-8-9-10-11-12-13-15-18(21)19-16-14-17-20(2)3/h14,17H,4-13,15-16H2,1-3H3,(H,19,21). The normalized spacial score (nSPS) is 11.0. The Balaban J connectivity index is 3.21. The quantitative estimate of drug-likeness (QED) is 0.479. The van der Waals surface area contributed by atoms with Gasteiger partial charge < -0.3 is 10.2 Å². The second-order valence-corrected chi connectivity index (χ2v) is 6.08. The molecule has 0 bridgehead atoms. The summed E-state index contributed by atoms with van der Waals surface area (Å²) in [6.07, 6.45) is 17.7.